The van der Waals surface area contributed by atoms with E-state index < -0.39 is 5.60 Å². The number of aryl methyl sites for hydroxylation is 2. The van der Waals surface area contributed by atoms with Crippen molar-refractivity contribution in [1.82, 2.24) is 14.4 Å². The minimum Gasteiger partial charge on any atom is -0.494 e. The van der Waals surface area contributed by atoms with Crippen molar-refractivity contribution in [2.24, 2.45) is 0 Å². The highest BCUT2D eigenvalue weighted by Gasteiger charge is 2.37. The van der Waals surface area contributed by atoms with Crippen LogP contribution in [-0.2, 0) is 22.6 Å². The number of carbonyl (C=O) groups is 1. The molecule has 2 aromatic carbocycles. The van der Waals surface area contributed by atoms with Crippen LogP contribution in [0.25, 0.3) is 0 Å². The smallest absolute Gasteiger partial charge is 0.250 e. The van der Waals surface area contributed by atoms with E-state index in [0.29, 0.717) is 45.1 Å². The number of amides is 1. The van der Waals surface area contributed by atoms with E-state index in [9.17, 15) is 14.7 Å². The molecule has 0 spiro atoms. The van der Waals surface area contributed by atoms with Gasteiger partial charge in [-0.05, 0) is 48.7 Å². The number of hydrogen-bond donors (Lipinski definition) is 1. The van der Waals surface area contributed by atoms with E-state index in [0.717, 1.165) is 23.3 Å². The molecule has 4 rings (SSSR count). The Labute approximate surface area is 235 Å². The van der Waals surface area contributed by atoms with Crippen molar-refractivity contribution < 1.29 is 24.1 Å². The van der Waals surface area contributed by atoms with Gasteiger partial charge < -0.3 is 28.8 Å². The Morgan fingerprint density at radius 1 is 0.950 bits per heavy atom. The summed E-state index contributed by atoms with van der Waals surface area (Å²) in [5.74, 6) is 1.28. The van der Waals surface area contributed by atoms with Crippen LogP contribution in [0.2, 0.25) is 0 Å². The summed E-state index contributed by atoms with van der Waals surface area (Å²) in [4.78, 5) is 28.4. The van der Waals surface area contributed by atoms with E-state index in [4.69, 9.17) is 14.2 Å². The molecular weight excluding hydrogens is 510 g/mol. The zero-order valence-electron chi connectivity index (χ0n) is 23.3. The van der Waals surface area contributed by atoms with E-state index in [2.05, 4.69) is 4.90 Å². The number of hydrogen-bond acceptors (Lipinski definition) is 7. The van der Waals surface area contributed by atoms with Crippen LogP contribution in [-0.4, -0.2) is 84.1 Å². The third kappa shape index (κ3) is 8.67. The second-order valence-corrected chi connectivity index (χ2v) is 10.4. The third-order valence-electron chi connectivity index (χ3n) is 6.83. The molecule has 2 heterocycles. The average molecular weight is 550 g/mol. The molecule has 1 aliphatic heterocycles. The minimum absolute atomic E-state index is 0.00632. The molecule has 1 aromatic heterocycles. The Hall–Kier alpha value is -3.66. The van der Waals surface area contributed by atoms with Gasteiger partial charge >= 0.3 is 0 Å². The Balaban J connectivity index is 1.33. The van der Waals surface area contributed by atoms with Gasteiger partial charge in [-0.1, -0.05) is 36.4 Å². The molecule has 9 heteroatoms. The van der Waals surface area contributed by atoms with Gasteiger partial charge in [-0.2, -0.15) is 0 Å². The molecule has 3 aromatic rings. The van der Waals surface area contributed by atoms with Gasteiger partial charge in [0.15, 0.2) is 0 Å². The van der Waals surface area contributed by atoms with E-state index in [1.807, 2.05) is 73.8 Å². The topological polar surface area (TPSA) is 93.5 Å². The molecule has 1 aliphatic rings. The SMILES string of the molecule is COCC(=O)N1CCN(Cc2ccc(OCCCn3cc(C)ccc3=O)cc2)CC(O)(COc2ccccc2)C1. The predicted molar refractivity (Wildman–Crippen MR) is 153 cm³/mol. The maximum absolute atomic E-state index is 12.6. The first-order valence-electron chi connectivity index (χ1n) is 13.6. The van der Waals surface area contributed by atoms with Crippen LogP contribution in [0.5, 0.6) is 11.5 Å². The highest BCUT2D eigenvalue weighted by molar-refractivity contribution is 5.77. The molecule has 0 radical (unpaired) electrons. The highest BCUT2D eigenvalue weighted by atomic mass is 16.5. The van der Waals surface area contributed by atoms with Crippen molar-refractivity contribution in [1.29, 1.82) is 0 Å². The molecule has 1 amide bonds. The summed E-state index contributed by atoms with van der Waals surface area (Å²) in [6.45, 7) is 5.34. The number of nitrogens with zero attached hydrogens (tertiary/aromatic N) is 3. The molecule has 1 unspecified atom stereocenters. The summed E-state index contributed by atoms with van der Waals surface area (Å²) in [6, 6.07) is 20.7. The van der Waals surface area contributed by atoms with Gasteiger partial charge in [0.1, 0.15) is 30.3 Å². The van der Waals surface area contributed by atoms with E-state index in [-0.39, 0.29) is 31.2 Å². The number of benzene rings is 2. The lowest BCUT2D eigenvalue weighted by Crippen LogP contribution is -2.52. The fourth-order valence-electron chi connectivity index (χ4n) is 4.83. The first-order chi connectivity index (χ1) is 19.3. The minimum atomic E-state index is -1.25. The summed E-state index contributed by atoms with van der Waals surface area (Å²) in [6.07, 6.45) is 2.59. The summed E-state index contributed by atoms with van der Waals surface area (Å²) in [5, 5.41) is 11.6. The molecule has 1 atom stereocenters. The van der Waals surface area contributed by atoms with E-state index in [1.165, 1.54) is 7.11 Å². The first kappa shape index (κ1) is 29.3. The Morgan fingerprint density at radius 2 is 1.70 bits per heavy atom. The standard InChI is InChI=1S/C31H39N3O6/c1-25-9-14-29(35)33(19-25)15-6-18-39-28-12-10-26(11-13-28)20-32-16-17-34(30(36)21-38-2)23-31(37,22-32)24-40-27-7-4-3-5-8-27/h3-5,7-14,19,37H,6,15-18,20-24H2,1-2H3. The number of aromatic nitrogens is 1. The fourth-order valence-corrected chi connectivity index (χ4v) is 4.83. The summed E-state index contributed by atoms with van der Waals surface area (Å²) in [5.41, 5.74) is 0.865. The number of para-hydroxylation sites is 1. The summed E-state index contributed by atoms with van der Waals surface area (Å²) in [7, 11) is 1.49. The number of ether oxygens (including phenoxy) is 3. The van der Waals surface area contributed by atoms with Gasteiger partial charge in [0.25, 0.3) is 5.56 Å². The number of pyridine rings is 1. The molecule has 0 aliphatic carbocycles. The average Bonchev–Trinajstić information content (AvgIpc) is 3.12. The second-order valence-electron chi connectivity index (χ2n) is 10.4. The number of rotatable bonds is 12. The van der Waals surface area contributed by atoms with Gasteiger partial charge in [-0.25, -0.2) is 0 Å². The Kier molecular flexibility index (Phi) is 10.3. The monoisotopic (exact) mass is 549 g/mol. The molecule has 0 bridgehead atoms. The van der Waals surface area contributed by atoms with Crippen molar-refractivity contribution in [2.75, 3.05) is 53.1 Å². The lowest BCUT2D eigenvalue weighted by Gasteiger charge is -2.33. The quantitative estimate of drug-likeness (QED) is 0.347. The van der Waals surface area contributed by atoms with Crippen LogP contribution in [0.1, 0.15) is 17.5 Å². The molecule has 9 nitrogen and oxygen atoms in total. The summed E-state index contributed by atoms with van der Waals surface area (Å²) < 4.78 is 18.6. The highest BCUT2D eigenvalue weighted by Crippen LogP contribution is 2.21. The van der Waals surface area contributed by atoms with Crippen LogP contribution in [0.15, 0.2) is 77.7 Å². The zero-order valence-corrected chi connectivity index (χ0v) is 23.3. The van der Waals surface area contributed by atoms with Crippen molar-refractivity contribution in [3.63, 3.8) is 0 Å². The third-order valence-corrected chi connectivity index (χ3v) is 6.83. The summed E-state index contributed by atoms with van der Waals surface area (Å²) >= 11 is 0. The maximum Gasteiger partial charge on any atom is 0.250 e. The normalized spacial score (nSPS) is 17.8. The molecule has 40 heavy (non-hydrogen) atoms. The second kappa shape index (κ2) is 14.1. The van der Waals surface area contributed by atoms with Gasteiger partial charge in [0.2, 0.25) is 5.91 Å². The lowest BCUT2D eigenvalue weighted by atomic mass is 10.0. The van der Waals surface area contributed by atoms with Gasteiger partial charge in [-0.15, -0.1) is 0 Å². The van der Waals surface area contributed by atoms with Crippen LogP contribution < -0.4 is 15.0 Å². The largest absolute Gasteiger partial charge is 0.494 e. The van der Waals surface area contributed by atoms with E-state index in [1.54, 1.807) is 15.5 Å². The van der Waals surface area contributed by atoms with Crippen LogP contribution in [0, 0.1) is 6.92 Å². The molecular formula is C31H39N3O6. The molecule has 1 fully saturated rings. The molecule has 0 saturated carbocycles. The number of carbonyl (C=O) groups excluding carboxylic acids is 1. The fraction of sp³-hybridized carbons (Fsp3) is 0.419. The van der Waals surface area contributed by atoms with Gasteiger partial charge in [-0.3, -0.25) is 14.5 Å². The molecule has 214 valence electrons. The molecule has 1 N–H and O–H groups in total. The maximum atomic E-state index is 12.6. The predicted octanol–water partition coefficient (Wildman–Crippen LogP) is 2.73. The van der Waals surface area contributed by atoms with Gasteiger partial charge in [0.05, 0.1) is 13.2 Å². The first-order valence-corrected chi connectivity index (χ1v) is 13.6. The lowest BCUT2D eigenvalue weighted by molar-refractivity contribution is -0.138. The van der Waals surface area contributed by atoms with Crippen LogP contribution in [0.3, 0.4) is 0 Å². The van der Waals surface area contributed by atoms with Crippen LogP contribution >= 0.6 is 0 Å². The number of β-amino-alcohol motifs (C(OH)–C–C–N with tert-alkyl or cyclic N) is 1. The van der Waals surface area contributed by atoms with Crippen molar-refractivity contribution in [2.45, 2.75) is 32.0 Å². The molecule has 1 saturated heterocycles. The Morgan fingerprint density at radius 3 is 2.45 bits per heavy atom. The van der Waals surface area contributed by atoms with Crippen LogP contribution in [0.4, 0.5) is 0 Å². The van der Waals surface area contributed by atoms with E-state index >= 15 is 0 Å². The van der Waals surface area contributed by atoms with Crippen molar-refractivity contribution in [3.05, 3.63) is 94.4 Å². The number of methoxy groups -OCH3 is 1. The van der Waals surface area contributed by atoms with Crippen molar-refractivity contribution in [3.8, 4) is 11.5 Å². The zero-order chi connectivity index (χ0) is 28.4. The Bertz CT molecular complexity index is 1280. The van der Waals surface area contributed by atoms with Crippen molar-refractivity contribution >= 4 is 5.91 Å². The van der Waals surface area contributed by atoms with Gasteiger partial charge in [0, 0.05) is 52.1 Å². The number of aliphatic hydroxyl groups is 1.